The number of aromatic nitrogens is 4. The molecular formula is C27H27FN6O3S. The molecule has 1 aliphatic rings. The normalized spacial score (nSPS) is 12.1. The number of nitrogens with zero attached hydrogens (tertiary/aromatic N) is 5. The molecule has 3 aromatic heterocycles. The molecule has 0 atom stereocenters. The van der Waals surface area contributed by atoms with Crippen LogP contribution in [0.4, 0.5) is 9.52 Å². The van der Waals surface area contributed by atoms with Gasteiger partial charge in [0, 0.05) is 56.2 Å². The predicted octanol–water partition coefficient (Wildman–Crippen LogP) is 4.36. The van der Waals surface area contributed by atoms with Crippen LogP contribution in [-0.4, -0.2) is 63.3 Å². The number of carbonyl (C=O) groups is 2. The zero-order valence-corrected chi connectivity index (χ0v) is 22.1. The Morgan fingerprint density at radius 1 is 1.26 bits per heavy atom. The predicted molar refractivity (Wildman–Crippen MR) is 143 cm³/mol. The molecule has 1 aliphatic carbocycles. The molecule has 11 heteroatoms. The van der Waals surface area contributed by atoms with E-state index in [1.54, 1.807) is 41.2 Å². The van der Waals surface area contributed by atoms with Crippen LogP contribution < -0.4 is 5.32 Å². The average Bonchev–Trinajstić information content (AvgIpc) is 3.50. The number of nitrogens with one attached hydrogen (secondary N) is 1. The van der Waals surface area contributed by atoms with Crippen molar-refractivity contribution in [1.29, 1.82) is 0 Å². The first-order valence-corrected chi connectivity index (χ1v) is 13.1. The number of fused-ring (bicyclic) bond motifs is 3. The standard InChI is InChI=1S/C27H27FN6O3S/c1-4-33(12-13-37-3)26(36)17-7-10-22(20(28)14-17)34-24-19(23(32-34)18-6-5-11-29-15-18)8-9-21-25(24)38-27(31-21)30-16(2)35/h5-7,10-11,14-15H,4,8-9,12-13H2,1-3H3,(H,30,31,35). The van der Waals surface area contributed by atoms with Gasteiger partial charge in [-0.3, -0.25) is 14.6 Å². The summed E-state index contributed by atoms with van der Waals surface area (Å²) in [4.78, 5) is 35.9. The van der Waals surface area contributed by atoms with E-state index in [2.05, 4.69) is 15.3 Å². The van der Waals surface area contributed by atoms with Crippen LogP contribution in [0.5, 0.6) is 0 Å². The average molecular weight is 535 g/mol. The van der Waals surface area contributed by atoms with E-state index >= 15 is 4.39 Å². The summed E-state index contributed by atoms with van der Waals surface area (Å²) < 4.78 is 22.4. The van der Waals surface area contributed by atoms with Gasteiger partial charge in [-0.2, -0.15) is 5.10 Å². The van der Waals surface area contributed by atoms with Crippen LogP contribution in [0.25, 0.3) is 27.5 Å². The van der Waals surface area contributed by atoms with Gasteiger partial charge < -0.3 is 15.0 Å². The molecule has 9 nitrogen and oxygen atoms in total. The minimum absolute atomic E-state index is 0.209. The lowest BCUT2D eigenvalue weighted by Crippen LogP contribution is -2.33. The van der Waals surface area contributed by atoms with Gasteiger partial charge >= 0.3 is 0 Å². The van der Waals surface area contributed by atoms with Gasteiger partial charge in [-0.1, -0.05) is 11.3 Å². The number of carbonyl (C=O) groups excluding carboxylic acids is 2. The molecule has 1 aromatic carbocycles. The Hall–Kier alpha value is -3.96. The monoisotopic (exact) mass is 534 g/mol. The third-order valence-corrected chi connectivity index (χ3v) is 7.40. The molecule has 0 saturated carbocycles. The van der Waals surface area contributed by atoms with Crippen molar-refractivity contribution in [3.8, 4) is 27.5 Å². The Morgan fingerprint density at radius 3 is 2.79 bits per heavy atom. The highest BCUT2D eigenvalue weighted by molar-refractivity contribution is 7.19. The minimum atomic E-state index is -0.569. The van der Waals surface area contributed by atoms with Crippen LogP contribution in [0.1, 0.15) is 35.5 Å². The summed E-state index contributed by atoms with van der Waals surface area (Å²) in [6.07, 6.45) is 4.74. The maximum atomic E-state index is 15.7. The SMILES string of the molecule is CCN(CCOC)C(=O)c1ccc(-n2nc(-c3cccnc3)c3c2-c2sc(NC(C)=O)nc2CC3)c(F)c1. The van der Waals surface area contributed by atoms with E-state index in [1.165, 1.54) is 24.3 Å². The summed E-state index contributed by atoms with van der Waals surface area (Å²) in [5, 5.41) is 8.09. The van der Waals surface area contributed by atoms with E-state index in [4.69, 9.17) is 9.84 Å². The lowest BCUT2D eigenvalue weighted by atomic mass is 9.95. The highest BCUT2D eigenvalue weighted by Gasteiger charge is 2.31. The summed E-state index contributed by atoms with van der Waals surface area (Å²) in [6.45, 7) is 4.60. The van der Waals surface area contributed by atoms with Crippen LogP contribution in [0, 0.1) is 5.82 Å². The van der Waals surface area contributed by atoms with Gasteiger partial charge in [-0.15, -0.1) is 0 Å². The van der Waals surface area contributed by atoms with E-state index in [0.29, 0.717) is 43.4 Å². The molecule has 0 fully saturated rings. The molecule has 0 radical (unpaired) electrons. The number of likely N-dealkylation sites (N-methyl/N-ethyl adjacent to an activating group) is 1. The maximum absolute atomic E-state index is 15.7. The molecule has 0 aliphatic heterocycles. The summed E-state index contributed by atoms with van der Waals surface area (Å²) in [6, 6.07) is 8.21. The molecular weight excluding hydrogens is 507 g/mol. The van der Waals surface area contributed by atoms with Crippen LogP contribution in [-0.2, 0) is 22.4 Å². The Bertz CT molecular complexity index is 1500. The van der Waals surface area contributed by atoms with Crippen molar-refractivity contribution in [2.75, 3.05) is 32.1 Å². The van der Waals surface area contributed by atoms with Crippen molar-refractivity contribution in [3.63, 3.8) is 0 Å². The maximum Gasteiger partial charge on any atom is 0.254 e. The zero-order valence-electron chi connectivity index (χ0n) is 21.3. The molecule has 0 bridgehead atoms. The van der Waals surface area contributed by atoms with Gasteiger partial charge in [0.05, 0.1) is 28.6 Å². The molecule has 5 rings (SSSR count). The molecule has 196 valence electrons. The third-order valence-electron chi connectivity index (χ3n) is 6.38. The van der Waals surface area contributed by atoms with E-state index in [0.717, 1.165) is 27.4 Å². The number of aryl methyl sites for hydroxylation is 1. The summed E-state index contributed by atoms with van der Waals surface area (Å²) in [5.41, 5.74) is 4.52. The number of ether oxygens (including phenoxy) is 1. The Labute approximate surface area is 223 Å². The highest BCUT2D eigenvalue weighted by Crippen LogP contribution is 2.44. The number of amides is 2. The van der Waals surface area contributed by atoms with E-state index < -0.39 is 5.82 Å². The number of methoxy groups -OCH3 is 1. The topological polar surface area (TPSA) is 102 Å². The second-order valence-electron chi connectivity index (χ2n) is 8.85. The minimum Gasteiger partial charge on any atom is -0.383 e. The molecule has 3 heterocycles. The molecule has 0 saturated heterocycles. The van der Waals surface area contributed by atoms with E-state index in [9.17, 15) is 9.59 Å². The smallest absolute Gasteiger partial charge is 0.254 e. The van der Waals surface area contributed by atoms with Crippen LogP contribution >= 0.6 is 11.3 Å². The first-order valence-electron chi connectivity index (χ1n) is 12.3. The van der Waals surface area contributed by atoms with Gasteiger partial charge in [-0.25, -0.2) is 14.1 Å². The summed E-state index contributed by atoms with van der Waals surface area (Å²) in [7, 11) is 1.57. The molecule has 0 unspecified atom stereocenters. The number of pyridine rings is 1. The fourth-order valence-corrected chi connectivity index (χ4v) is 5.70. The number of anilines is 1. The van der Waals surface area contributed by atoms with Crippen molar-refractivity contribution in [2.45, 2.75) is 26.7 Å². The van der Waals surface area contributed by atoms with Gasteiger partial charge in [0.1, 0.15) is 11.5 Å². The van der Waals surface area contributed by atoms with Gasteiger partial charge in [-0.05, 0) is 50.1 Å². The number of hydrogen-bond donors (Lipinski definition) is 1. The second kappa shape index (κ2) is 10.8. The lowest BCUT2D eigenvalue weighted by Gasteiger charge is -2.21. The van der Waals surface area contributed by atoms with Crippen LogP contribution in [0.3, 0.4) is 0 Å². The lowest BCUT2D eigenvalue weighted by molar-refractivity contribution is -0.114. The van der Waals surface area contributed by atoms with E-state index in [-0.39, 0.29) is 23.1 Å². The Balaban J connectivity index is 1.62. The van der Waals surface area contributed by atoms with Crippen molar-refractivity contribution in [3.05, 3.63) is 65.4 Å². The van der Waals surface area contributed by atoms with Crippen molar-refractivity contribution in [2.24, 2.45) is 0 Å². The molecule has 1 N–H and O–H groups in total. The van der Waals surface area contributed by atoms with Crippen molar-refractivity contribution in [1.82, 2.24) is 24.6 Å². The van der Waals surface area contributed by atoms with E-state index in [1.807, 2.05) is 19.1 Å². The fraction of sp³-hybridized carbons (Fsp3) is 0.296. The van der Waals surface area contributed by atoms with Gasteiger partial charge in [0.25, 0.3) is 5.91 Å². The number of thiazole rings is 1. The largest absolute Gasteiger partial charge is 0.383 e. The van der Waals surface area contributed by atoms with Crippen molar-refractivity contribution >= 4 is 28.3 Å². The molecule has 0 spiro atoms. The second-order valence-corrected chi connectivity index (χ2v) is 9.85. The summed E-state index contributed by atoms with van der Waals surface area (Å²) in [5.74, 6) is -1.04. The number of hydrogen-bond acceptors (Lipinski definition) is 7. The molecule has 38 heavy (non-hydrogen) atoms. The van der Waals surface area contributed by atoms with Crippen molar-refractivity contribution < 1.29 is 18.7 Å². The van der Waals surface area contributed by atoms with Gasteiger partial charge in [0.15, 0.2) is 5.13 Å². The highest BCUT2D eigenvalue weighted by atomic mass is 32.1. The Morgan fingerprint density at radius 2 is 2.11 bits per heavy atom. The third kappa shape index (κ3) is 4.82. The first-order chi connectivity index (χ1) is 18.4. The molecule has 2 amide bonds. The Kier molecular flexibility index (Phi) is 7.30. The van der Waals surface area contributed by atoms with Crippen LogP contribution in [0.2, 0.25) is 0 Å². The zero-order chi connectivity index (χ0) is 26.8. The number of benzene rings is 1. The van der Waals surface area contributed by atoms with Gasteiger partial charge in [0.2, 0.25) is 5.91 Å². The number of rotatable bonds is 8. The number of halogens is 1. The quantitative estimate of drug-likeness (QED) is 0.360. The first kappa shape index (κ1) is 25.7. The molecule has 4 aromatic rings. The van der Waals surface area contributed by atoms with Crippen LogP contribution in [0.15, 0.2) is 42.7 Å². The summed E-state index contributed by atoms with van der Waals surface area (Å²) >= 11 is 1.34. The fourth-order valence-electron chi connectivity index (χ4n) is 4.58.